The van der Waals surface area contributed by atoms with Gasteiger partial charge < -0.3 is 10.8 Å². The van der Waals surface area contributed by atoms with Crippen LogP contribution in [-0.4, -0.2) is 23.0 Å². The van der Waals surface area contributed by atoms with Gasteiger partial charge in [0.15, 0.2) is 0 Å². The molecule has 3 N–H and O–H groups in total. The Hall–Kier alpha value is -0.410. The van der Waals surface area contributed by atoms with E-state index in [-0.39, 0.29) is 5.78 Å². The Balaban J connectivity index is 3.64. The summed E-state index contributed by atoms with van der Waals surface area (Å²) in [6, 6.07) is -0.713. The molecule has 0 saturated carbocycles. The lowest BCUT2D eigenvalue weighted by atomic mass is 10.1. The van der Waals surface area contributed by atoms with Gasteiger partial charge in [-0.05, 0) is 13.8 Å². The number of hydrogen-bond donors (Lipinski definition) is 2. The summed E-state index contributed by atoms with van der Waals surface area (Å²) in [5.41, 5.74) is 5.16. The van der Waals surface area contributed by atoms with Crippen LogP contribution >= 0.6 is 0 Å². The van der Waals surface area contributed by atoms with E-state index in [2.05, 4.69) is 0 Å². The van der Waals surface area contributed by atoms with Crippen LogP contribution in [0.5, 0.6) is 0 Å². The van der Waals surface area contributed by atoms with Crippen molar-refractivity contribution in [3.8, 4) is 0 Å². The number of nitrogens with two attached hydrogens (primary N) is 1. The molecule has 0 heterocycles. The Morgan fingerprint density at radius 1 is 1.75 bits per heavy atom. The number of carbonyl (C=O) groups is 1. The lowest BCUT2D eigenvalue weighted by Crippen LogP contribution is -2.38. The van der Waals surface area contributed by atoms with Crippen molar-refractivity contribution in [3.63, 3.8) is 0 Å². The maximum Gasteiger partial charge on any atom is 0.149 e. The first kappa shape index (κ1) is 7.59. The molecule has 0 aliphatic heterocycles. The summed E-state index contributed by atoms with van der Waals surface area (Å²) in [4.78, 5) is 10.3. The van der Waals surface area contributed by atoms with Crippen molar-refractivity contribution in [2.45, 2.75) is 26.0 Å². The van der Waals surface area contributed by atoms with Gasteiger partial charge in [0.1, 0.15) is 5.78 Å². The molecule has 0 aliphatic carbocycles. The minimum absolute atomic E-state index is 0.181. The lowest BCUT2D eigenvalue weighted by Gasteiger charge is -2.08. The Labute approximate surface area is 48.5 Å². The molecule has 0 fully saturated rings. The molecule has 0 saturated heterocycles. The zero-order chi connectivity index (χ0) is 6.73. The summed E-state index contributed by atoms with van der Waals surface area (Å²) in [6.07, 6.45) is -0.729. The highest BCUT2D eigenvalue weighted by Gasteiger charge is 2.12. The van der Waals surface area contributed by atoms with Crippen molar-refractivity contribution in [2.24, 2.45) is 5.73 Å². The fourth-order valence-electron chi connectivity index (χ4n) is 0.340. The van der Waals surface area contributed by atoms with Crippen LogP contribution in [0, 0.1) is 0 Å². The molecule has 0 aromatic rings. The zero-order valence-corrected chi connectivity index (χ0v) is 5.09. The van der Waals surface area contributed by atoms with E-state index in [0.717, 1.165) is 0 Å². The van der Waals surface area contributed by atoms with Gasteiger partial charge in [0, 0.05) is 0 Å². The van der Waals surface area contributed by atoms with E-state index in [1.54, 1.807) is 0 Å². The van der Waals surface area contributed by atoms with Crippen LogP contribution < -0.4 is 5.73 Å². The molecule has 0 spiro atoms. The normalized spacial score (nSPS) is 17.5. The number of Topliss-reactive ketones (excluding diaryl/α,β-unsaturated/α-hetero) is 1. The van der Waals surface area contributed by atoms with Crippen LogP contribution in [0.1, 0.15) is 13.8 Å². The van der Waals surface area contributed by atoms with Gasteiger partial charge in [-0.1, -0.05) is 0 Å². The molecule has 8 heavy (non-hydrogen) atoms. The molecule has 2 atom stereocenters. The first-order valence-corrected chi connectivity index (χ1v) is 2.50. The SMILES string of the molecule is CC(=O)C(N)C(C)O. The summed E-state index contributed by atoms with van der Waals surface area (Å²) in [5, 5.41) is 8.65. The molecular weight excluding hydrogens is 106 g/mol. The minimum atomic E-state index is -0.729. The molecular formula is C5H11NO2. The fourth-order valence-corrected chi connectivity index (χ4v) is 0.340. The summed E-state index contributed by atoms with van der Waals surface area (Å²) >= 11 is 0. The number of carbonyl (C=O) groups excluding carboxylic acids is 1. The van der Waals surface area contributed by atoms with E-state index in [1.807, 2.05) is 0 Å². The number of hydrogen-bond acceptors (Lipinski definition) is 3. The second kappa shape index (κ2) is 2.79. The minimum Gasteiger partial charge on any atom is -0.391 e. The third-order valence-electron chi connectivity index (χ3n) is 0.989. The predicted molar refractivity (Wildman–Crippen MR) is 30.3 cm³/mol. The highest BCUT2D eigenvalue weighted by molar-refractivity contribution is 5.81. The highest BCUT2D eigenvalue weighted by Crippen LogP contribution is 1.87. The Morgan fingerprint density at radius 2 is 2.12 bits per heavy atom. The van der Waals surface area contributed by atoms with Gasteiger partial charge >= 0.3 is 0 Å². The molecule has 48 valence electrons. The van der Waals surface area contributed by atoms with Gasteiger partial charge in [0.2, 0.25) is 0 Å². The van der Waals surface area contributed by atoms with E-state index in [9.17, 15) is 4.79 Å². The van der Waals surface area contributed by atoms with E-state index < -0.39 is 12.1 Å². The van der Waals surface area contributed by atoms with Crippen molar-refractivity contribution >= 4 is 5.78 Å². The van der Waals surface area contributed by atoms with Gasteiger partial charge in [0.05, 0.1) is 12.1 Å². The van der Waals surface area contributed by atoms with Crippen LogP contribution in [0.3, 0.4) is 0 Å². The van der Waals surface area contributed by atoms with Crippen molar-refractivity contribution < 1.29 is 9.90 Å². The topological polar surface area (TPSA) is 63.3 Å². The van der Waals surface area contributed by atoms with Crippen molar-refractivity contribution in [3.05, 3.63) is 0 Å². The van der Waals surface area contributed by atoms with E-state index in [0.29, 0.717) is 0 Å². The molecule has 3 heteroatoms. The first-order chi connectivity index (χ1) is 3.55. The number of ketones is 1. The summed E-state index contributed by atoms with van der Waals surface area (Å²) in [5.74, 6) is -0.181. The molecule has 2 unspecified atom stereocenters. The largest absolute Gasteiger partial charge is 0.391 e. The molecule has 0 aromatic carbocycles. The molecule has 0 aromatic heterocycles. The Kier molecular flexibility index (Phi) is 2.65. The Morgan fingerprint density at radius 3 is 2.12 bits per heavy atom. The third kappa shape index (κ3) is 2.04. The maximum atomic E-state index is 10.3. The molecule has 0 amide bonds. The zero-order valence-electron chi connectivity index (χ0n) is 5.09. The predicted octanol–water partition coefficient (Wildman–Crippen LogP) is -0.716. The molecule has 3 nitrogen and oxygen atoms in total. The molecule has 0 aliphatic rings. The van der Waals surface area contributed by atoms with Crippen molar-refractivity contribution in [1.82, 2.24) is 0 Å². The number of aliphatic hydroxyl groups excluding tert-OH is 1. The van der Waals surface area contributed by atoms with Crippen molar-refractivity contribution in [2.75, 3.05) is 0 Å². The van der Waals surface area contributed by atoms with Gasteiger partial charge in [0.25, 0.3) is 0 Å². The van der Waals surface area contributed by atoms with Gasteiger partial charge in [-0.2, -0.15) is 0 Å². The van der Waals surface area contributed by atoms with Gasteiger partial charge in [-0.15, -0.1) is 0 Å². The van der Waals surface area contributed by atoms with E-state index in [4.69, 9.17) is 10.8 Å². The average molecular weight is 117 g/mol. The van der Waals surface area contributed by atoms with Gasteiger partial charge in [-0.25, -0.2) is 0 Å². The summed E-state index contributed by atoms with van der Waals surface area (Å²) in [7, 11) is 0. The quantitative estimate of drug-likeness (QED) is 0.502. The van der Waals surface area contributed by atoms with Crippen LogP contribution in [0.4, 0.5) is 0 Å². The second-order valence-corrected chi connectivity index (χ2v) is 1.88. The van der Waals surface area contributed by atoms with Crippen LogP contribution in [0.15, 0.2) is 0 Å². The maximum absolute atomic E-state index is 10.3. The Bertz CT molecular complexity index is 90.4. The van der Waals surface area contributed by atoms with Crippen LogP contribution in [0.2, 0.25) is 0 Å². The smallest absolute Gasteiger partial charge is 0.149 e. The van der Waals surface area contributed by atoms with Gasteiger partial charge in [-0.3, -0.25) is 4.79 Å². The highest BCUT2D eigenvalue weighted by atomic mass is 16.3. The fraction of sp³-hybridized carbons (Fsp3) is 0.800. The van der Waals surface area contributed by atoms with Crippen molar-refractivity contribution in [1.29, 1.82) is 0 Å². The summed E-state index contributed by atoms with van der Waals surface area (Å²) < 4.78 is 0. The monoisotopic (exact) mass is 117 g/mol. The number of rotatable bonds is 2. The van der Waals surface area contributed by atoms with Crippen LogP contribution in [0.25, 0.3) is 0 Å². The molecule has 0 rings (SSSR count). The molecule has 0 bridgehead atoms. The van der Waals surface area contributed by atoms with E-state index in [1.165, 1.54) is 13.8 Å². The first-order valence-electron chi connectivity index (χ1n) is 2.50. The standard InChI is InChI=1S/C5H11NO2/c1-3(7)5(6)4(2)8/h3,5,7H,6H2,1-2H3. The third-order valence-corrected chi connectivity index (χ3v) is 0.989. The van der Waals surface area contributed by atoms with Crippen LogP contribution in [-0.2, 0) is 4.79 Å². The summed E-state index contributed by atoms with van der Waals surface area (Å²) in [6.45, 7) is 2.85. The average Bonchev–Trinajstić information content (AvgIpc) is 1.64. The van der Waals surface area contributed by atoms with E-state index >= 15 is 0 Å². The lowest BCUT2D eigenvalue weighted by molar-refractivity contribution is -0.120. The second-order valence-electron chi connectivity index (χ2n) is 1.88. The molecule has 0 radical (unpaired) electrons. The number of aliphatic hydroxyl groups is 1.